The summed E-state index contributed by atoms with van der Waals surface area (Å²) in [7, 11) is 0. The molecule has 0 saturated carbocycles. The Balaban J connectivity index is 1.60. The lowest BCUT2D eigenvalue weighted by molar-refractivity contribution is -0.274. The summed E-state index contributed by atoms with van der Waals surface area (Å²) in [6, 6.07) is 9.18. The third kappa shape index (κ3) is 5.31. The highest BCUT2D eigenvalue weighted by Gasteiger charge is 2.31. The Morgan fingerprint density at radius 1 is 1.17 bits per heavy atom. The van der Waals surface area contributed by atoms with E-state index in [0.29, 0.717) is 22.8 Å². The van der Waals surface area contributed by atoms with Crippen molar-refractivity contribution in [2.24, 2.45) is 0 Å². The molecule has 1 aliphatic heterocycles. The predicted octanol–water partition coefficient (Wildman–Crippen LogP) is 3.74. The topological polar surface area (TPSA) is 88.7 Å². The molecule has 0 fully saturated rings. The van der Waals surface area contributed by atoms with Crippen molar-refractivity contribution < 1.29 is 32.2 Å². The summed E-state index contributed by atoms with van der Waals surface area (Å²) < 4.78 is 45.8. The van der Waals surface area contributed by atoms with Crippen LogP contribution in [0.3, 0.4) is 0 Å². The molecule has 0 saturated heterocycles. The fraction of sp³-hybridized carbons (Fsp3) is 0.263. The number of hydrogen-bond donors (Lipinski definition) is 3. The molecule has 7 nitrogen and oxygen atoms in total. The van der Waals surface area contributed by atoms with Crippen molar-refractivity contribution in [1.29, 1.82) is 0 Å². The van der Waals surface area contributed by atoms with Crippen LogP contribution in [0.5, 0.6) is 11.5 Å². The van der Waals surface area contributed by atoms with Gasteiger partial charge in [0, 0.05) is 11.4 Å². The molecule has 0 aliphatic carbocycles. The molecule has 2 amide bonds. The van der Waals surface area contributed by atoms with Crippen molar-refractivity contribution in [1.82, 2.24) is 0 Å². The quantitative estimate of drug-likeness (QED) is 0.700. The van der Waals surface area contributed by atoms with Crippen LogP contribution in [0.15, 0.2) is 42.5 Å². The van der Waals surface area contributed by atoms with Crippen LogP contribution in [0, 0.1) is 0 Å². The normalized spacial score (nSPS) is 16.7. The molecule has 0 radical (unpaired) electrons. The minimum absolute atomic E-state index is 0.265. The number of benzene rings is 2. The molecule has 10 heteroatoms. The van der Waals surface area contributed by atoms with Gasteiger partial charge in [0.05, 0.1) is 5.69 Å². The molecule has 0 spiro atoms. The Hall–Kier alpha value is -3.43. The molecule has 2 aromatic carbocycles. The van der Waals surface area contributed by atoms with E-state index in [0.717, 1.165) is 12.1 Å². The first-order chi connectivity index (χ1) is 13.6. The van der Waals surface area contributed by atoms with Crippen molar-refractivity contribution in [2.75, 3.05) is 16.0 Å². The smallest absolute Gasteiger partial charge is 0.479 e. The SMILES string of the molecule is CC(Nc1ccc2c(c1)NC(=O)C(C)O2)C(=O)Nc1ccc(OC(F)(F)F)cc1. The van der Waals surface area contributed by atoms with Gasteiger partial charge in [-0.3, -0.25) is 9.59 Å². The molecular formula is C19H18F3N3O4. The Kier molecular flexibility index (Phi) is 5.53. The van der Waals surface area contributed by atoms with Crippen molar-refractivity contribution in [2.45, 2.75) is 32.4 Å². The fourth-order valence-electron chi connectivity index (χ4n) is 2.60. The standard InChI is InChI=1S/C19H18F3N3O4/c1-10(17(26)24-12-3-6-14(7-4-12)29-19(20,21)22)23-13-5-8-16-15(9-13)25-18(27)11(2)28-16/h3-11,23H,1-2H3,(H,24,26)(H,25,27). The van der Waals surface area contributed by atoms with E-state index in [9.17, 15) is 22.8 Å². The molecule has 1 aliphatic rings. The highest BCUT2D eigenvalue weighted by Crippen LogP contribution is 2.32. The van der Waals surface area contributed by atoms with Gasteiger partial charge in [-0.15, -0.1) is 13.2 Å². The summed E-state index contributed by atoms with van der Waals surface area (Å²) in [6.45, 7) is 3.26. The number of hydrogen-bond acceptors (Lipinski definition) is 5. The zero-order valence-corrected chi connectivity index (χ0v) is 15.5. The van der Waals surface area contributed by atoms with Gasteiger partial charge in [-0.2, -0.15) is 0 Å². The highest BCUT2D eigenvalue weighted by molar-refractivity contribution is 5.99. The van der Waals surface area contributed by atoms with Crippen LogP contribution in [0.4, 0.5) is 30.2 Å². The van der Waals surface area contributed by atoms with E-state index in [2.05, 4.69) is 20.7 Å². The van der Waals surface area contributed by atoms with Crippen molar-refractivity contribution in [3.8, 4) is 11.5 Å². The lowest BCUT2D eigenvalue weighted by atomic mass is 10.2. The molecule has 3 N–H and O–H groups in total. The van der Waals surface area contributed by atoms with Crippen LogP contribution in [-0.4, -0.2) is 30.3 Å². The van der Waals surface area contributed by atoms with Crippen molar-refractivity contribution >= 4 is 28.9 Å². The Bertz CT molecular complexity index is 916. The first-order valence-electron chi connectivity index (χ1n) is 8.65. The molecule has 154 valence electrons. The number of carbonyl (C=O) groups is 2. The molecule has 0 aromatic heterocycles. The van der Waals surface area contributed by atoms with E-state index in [4.69, 9.17) is 4.74 Å². The van der Waals surface area contributed by atoms with Gasteiger partial charge in [-0.05, 0) is 56.3 Å². The summed E-state index contributed by atoms with van der Waals surface area (Å²) in [5.41, 5.74) is 1.39. The summed E-state index contributed by atoms with van der Waals surface area (Å²) in [5.74, 6) is -0.519. The zero-order valence-electron chi connectivity index (χ0n) is 15.5. The Morgan fingerprint density at radius 3 is 2.48 bits per heavy atom. The largest absolute Gasteiger partial charge is 0.573 e. The van der Waals surface area contributed by atoms with E-state index in [-0.39, 0.29) is 11.7 Å². The maximum absolute atomic E-state index is 12.3. The number of halogens is 3. The number of amides is 2. The maximum atomic E-state index is 12.3. The van der Waals surface area contributed by atoms with E-state index in [1.54, 1.807) is 32.0 Å². The molecular weight excluding hydrogens is 391 g/mol. The van der Waals surface area contributed by atoms with E-state index >= 15 is 0 Å². The number of nitrogens with one attached hydrogen (secondary N) is 3. The Labute approximate surface area is 164 Å². The molecule has 2 aromatic rings. The fourth-order valence-corrected chi connectivity index (χ4v) is 2.60. The number of carbonyl (C=O) groups excluding carboxylic acids is 2. The highest BCUT2D eigenvalue weighted by atomic mass is 19.4. The number of fused-ring (bicyclic) bond motifs is 1. The minimum atomic E-state index is -4.78. The van der Waals surface area contributed by atoms with Crippen LogP contribution in [0.1, 0.15) is 13.8 Å². The second-order valence-electron chi connectivity index (χ2n) is 6.39. The predicted molar refractivity (Wildman–Crippen MR) is 100 cm³/mol. The van der Waals surface area contributed by atoms with Crippen molar-refractivity contribution in [3.63, 3.8) is 0 Å². The molecule has 1 heterocycles. The Morgan fingerprint density at radius 2 is 1.83 bits per heavy atom. The van der Waals surface area contributed by atoms with Crippen LogP contribution < -0.4 is 25.4 Å². The molecule has 2 atom stereocenters. The third-order valence-electron chi connectivity index (χ3n) is 4.04. The van der Waals surface area contributed by atoms with Gasteiger partial charge in [0.2, 0.25) is 5.91 Å². The van der Waals surface area contributed by atoms with Crippen LogP contribution in [0.2, 0.25) is 0 Å². The summed E-state index contributed by atoms with van der Waals surface area (Å²) in [6.07, 6.45) is -5.36. The van der Waals surface area contributed by atoms with Gasteiger partial charge in [-0.25, -0.2) is 0 Å². The van der Waals surface area contributed by atoms with Crippen LogP contribution >= 0.6 is 0 Å². The number of rotatable bonds is 5. The first kappa shape index (κ1) is 20.3. The summed E-state index contributed by atoms with van der Waals surface area (Å²) in [5, 5.41) is 8.30. The zero-order chi connectivity index (χ0) is 21.2. The van der Waals surface area contributed by atoms with Gasteiger partial charge in [0.15, 0.2) is 6.10 Å². The van der Waals surface area contributed by atoms with Gasteiger partial charge in [0.25, 0.3) is 5.91 Å². The molecule has 2 unspecified atom stereocenters. The van der Waals surface area contributed by atoms with Gasteiger partial charge < -0.3 is 25.4 Å². The summed E-state index contributed by atoms with van der Waals surface area (Å²) >= 11 is 0. The minimum Gasteiger partial charge on any atom is -0.479 e. The second-order valence-corrected chi connectivity index (χ2v) is 6.39. The van der Waals surface area contributed by atoms with E-state index in [1.165, 1.54) is 12.1 Å². The van der Waals surface area contributed by atoms with Gasteiger partial charge >= 0.3 is 6.36 Å². The average Bonchev–Trinajstić information content (AvgIpc) is 2.63. The average molecular weight is 409 g/mol. The summed E-state index contributed by atoms with van der Waals surface area (Å²) in [4.78, 5) is 24.0. The van der Waals surface area contributed by atoms with Gasteiger partial charge in [-0.1, -0.05) is 0 Å². The molecule has 3 rings (SSSR count). The van der Waals surface area contributed by atoms with Crippen LogP contribution in [0.25, 0.3) is 0 Å². The number of ether oxygens (including phenoxy) is 2. The van der Waals surface area contributed by atoms with Crippen molar-refractivity contribution in [3.05, 3.63) is 42.5 Å². The second kappa shape index (κ2) is 7.90. The van der Waals surface area contributed by atoms with E-state index in [1.807, 2.05) is 0 Å². The van der Waals surface area contributed by atoms with Crippen LogP contribution in [-0.2, 0) is 9.59 Å². The van der Waals surface area contributed by atoms with E-state index < -0.39 is 24.4 Å². The molecule has 29 heavy (non-hydrogen) atoms. The van der Waals surface area contributed by atoms with Gasteiger partial charge in [0.1, 0.15) is 17.5 Å². The lowest BCUT2D eigenvalue weighted by Gasteiger charge is -2.24. The lowest BCUT2D eigenvalue weighted by Crippen LogP contribution is -2.34. The molecule has 0 bridgehead atoms. The number of alkyl halides is 3. The number of anilines is 3. The maximum Gasteiger partial charge on any atom is 0.573 e. The first-order valence-corrected chi connectivity index (χ1v) is 8.65. The monoisotopic (exact) mass is 409 g/mol. The third-order valence-corrected chi connectivity index (χ3v) is 4.04.